The molecule has 0 aliphatic heterocycles. The summed E-state index contributed by atoms with van der Waals surface area (Å²) in [4.78, 5) is 66.9. The molecule has 0 bridgehead atoms. The Morgan fingerprint density at radius 1 is 0.841 bits per heavy atom. The molecular formula is C36H40O8. The van der Waals surface area contributed by atoms with Crippen LogP contribution >= 0.6 is 0 Å². The molecule has 1 saturated carbocycles. The van der Waals surface area contributed by atoms with Crippen LogP contribution in [0.25, 0.3) is 0 Å². The Kier molecular flexibility index (Phi) is 9.72. The number of ketones is 2. The summed E-state index contributed by atoms with van der Waals surface area (Å²) in [7, 11) is 0. The average molecular weight is 601 g/mol. The molecule has 0 amide bonds. The van der Waals surface area contributed by atoms with Gasteiger partial charge in [0.15, 0.2) is 11.4 Å². The van der Waals surface area contributed by atoms with Crippen LogP contribution in [0.4, 0.5) is 0 Å². The zero-order valence-corrected chi connectivity index (χ0v) is 26.1. The minimum Gasteiger partial charge on any atom is -0.458 e. The maximum absolute atomic E-state index is 14.3. The lowest BCUT2D eigenvalue weighted by Gasteiger charge is -2.36. The lowest BCUT2D eigenvalue weighted by Crippen LogP contribution is -2.50. The molecule has 2 aliphatic carbocycles. The molecule has 2 aliphatic rings. The van der Waals surface area contributed by atoms with Crippen LogP contribution in [0.5, 0.6) is 0 Å². The van der Waals surface area contributed by atoms with Crippen LogP contribution in [0, 0.1) is 23.2 Å². The van der Waals surface area contributed by atoms with E-state index in [4.69, 9.17) is 14.2 Å². The van der Waals surface area contributed by atoms with Gasteiger partial charge in [0, 0.05) is 31.1 Å². The fraction of sp³-hybridized carbons (Fsp3) is 0.417. The first-order valence-corrected chi connectivity index (χ1v) is 14.9. The van der Waals surface area contributed by atoms with Gasteiger partial charge in [0.2, 0.25) is 0 Å². The Hall–Kier alpha value is -4.33. The predicted octanol–water partition coefficient (Wildman–Crippen LogP) is 6.10. The molecule has 0 saturated heterocycles. The molecule has 44 heavy (non-hydrogen) atoms. The van der Waals surface area contributed by atoms with Gasteiger partial charge in [-0.25, -0.2) is 9.59 Å². The molecule has 2 aromatic rings. The van der Waals surface area contributed by atoms with Crippen molar-refractivity contribution in [2.24, 2.45) is 23.2 Å². The fourth-order valence-electron chi connectivity index (χ4n) is 6.06. The van der Waals surface area contributed by atoms with Crippen LogP contribution in [0.2, 0.25) is 0 Å². The van der Waals surface area contributed by atoms with Gasteiger partial charge in [0.1, 0.15) is 18.0 Å². The van der Waals surface area contributed by atoms with Crippen molar-refractivity contribution in [2.45, 2.75) is 72.2 Å². The molecule has 0 heterocycles. The predicted molar refractivity (Wildman–Crippen MR) is 164 cm³/mol. The first-order valence-electron chi connectivity index (χ1n) is 14.9. The molecule has 6 atom stereocenters. The van der Waals surface area contributed by atoms with Gasteiger partial charge in [0.05, 0.1) is 17.0 Å². The third kappa shape index (κ3) is 6.90. The van der Waals surface area contributed by atoms with Gasteiger partial charge in [-0.2, -0.15) is 0 Å². The molecule has 8 heteroatoms. The SMILES string of the molecule is CC(=O)O[C@]12C[C@H](C)[C@H](OC(=O)c3ccccc3)[C@@H]1/C=C(/C)[C@@H](OC(=O)c1ccccc1)CC(=O)C(C)(C)/C=C/[C@H](C)C2=O. The fourth-order valence-corrected chi connectivity index (χ4v) is 6.06. The second kappa shape index (κ2) is 13.1. The molecular weight excluding hydrogens is 560 g/mol. The number of Topliss-reactive ketones (excluding diaryl/α,β-unsaturated/α-hetero) is 2. The first kappa shape index (κ1) is 32.6. The highest BCUT2D eigenvalue weighted by molar-refractivity contribution is 5.95. The third-order valence-corrected chi connectivity index (χ3v) is 8.59. The smallest absolute Gasteiger partial charge is 0.338 e. The van der Waals surface area contributed by atoms with E-state index < -0.39 is 53.0 Å². The third-order valence-electron chi connectivity index (χ3n) is 8.59. The summed E-state index contributed by atoms with van der Waals surface area (Å²) in [6.07, 6.45) is 3.15. The number of hydrogen-bond donors (Lipinski definition) is 0. The maximum Gasteiger partial charge on any atom is 0.338 e. The number of hydrogen-bond acceptors (Lipinski definition) is 8. The Bertz CT molecular complexity index is 1470. The number of esters is 3. The van der Waals surface area contributed by atoms with E-state index in [9.17, 15) is 24.0 Å². The standard InChI is InChI=1S/C36H40O8/c1-22-17-18-35(5,6)30(38)20-29(42-33(40)26-13-9-7-10-14-26)23(2)19-28-31(43-34(41)27-15-11-8-12-16-27)24(3)21-36(28,32(22)39)44-25(4)37/h7-19,22,24,28-29,31H,20-21H2,1-6H3/b18-17+,23-19-/t22-,24-,28-,29-,31-,36+/m0/s1. The van der Waals surface area contributed by atoms with E-state index in [1.54, 1.807) is 107 Å². The van der Waals surface area contributed by atoms with Crippen LogP contribution in [-0.2, 0) is 28.6 Å². The molecule has 0 N–H and O–H groups in total. The van der Waals surface area contributed by atoms with E-state index >= 15 is 0 Å². The van der Waals surface area contributed by atoms with Gasteiger partial charge in [-0.05, 0) is 56.5 Å². The first-order chi connectivity index (χ1) is 20.7. The lowest BCUT2D eigenvalue weighted by atomic mass is 9.76. The Morgan fingerprint density at radius 3 is 1.93 bits per heavy atom. The highest BCUT2D eigenvalue weighted by Gasteiger charge is 2.60. The van der Waals surface area contributed by atoms with Crippen LogP contribution in [0.1, 0.15) is 75.1 Å². The van der Waals surface area contributed by atoms with E-state index in [2.05, 4.69) is 0 Å². The maximum atomic E-state index is 14.3. The Balaban J connectivity index is 1.86. The number of carbonyl (C=O) groups is 5. The van der Waals surface area contributed by atoms with Gasteiger partial charge >= 0.3 is 17.9 Å². The second-order valence-electron chi connectivity index (χ2n) is 12.5. The zero-order valence-electron chi connectivity index (χ0n) is 26.1. The van der Waals surface area contributed by atoms with E-state index in [0.29, 0.717) is 16.7 Å². The summed E-state index contributed by atoms with van der Waals surface area (Å²) in [6, 6.07) is 16.9. The highest BCUT2D eigenvalue weighted by atomic mass is 16.6. The molecule has 0 radical (unpaired) electrons. The van der Waals surface area contributed by atoms with Crippen molar-refractivity contribution in [1.82, 2.24) is 0 Å². The van der Waals surface area contributed by atoms with Crippen molar-refractivity contribution in [3.63, 3.8) is 0 Å². The summed E-state index contributed by atoms with van der Waals surface area (Å²) in [5.41, 5.74) is -1.51. The zero-order chi connectivity index (χ0) is 32.2. The van der Waals surface area contributed by atoms with E-state index in [0.717, 1.165) is 0 Å². The van der Waals surface area contributed by atoms with E-state index in [1.165, 1.54) is 6.92 Å². The summed E-state index contributed by atoms with van der Waals surface area (Å²) < 4.78 is 17.9. The van der Waals surface area contributed by atoms with Crippen molar-refractivity contribution in [2.75, 3.05) is 0 Å². The molecule has 4 rings (SSSR count). The van der Waals surface area contributed by atoms with E-state index in [-0.39, 0.29) is 30.3 Å². The van der Waals surface area contributed by atoms with Crippen LogP contribution < -0.4 is 0 Å². The normalized spacial score (nSPS) is 30.4. The van der Waals surface area contributed by atoms with Gasteiger partial charge in [-0.3, -0.25) is 14.4 Å². The minimum absolute atomic E-state index is 0.113. The molecule has 232 valence electrons. The van der Waals surface area contributed by atoms with Gasteiger partial charge < -0.3 is 14.2 Å². The number of rotatable bonds is 5. The summed E-state index contributed by atoms with van der Waals surface area (Å²) >= 11 is 0. The van der Waals surface area contributed by atoms with Crippen LogP contribution in [0.15, 0.2) is 84.5 Å². The quantitative estimate of drug-likeness (QED) is 0.230. The molecule has 1 fully saturated rings. The van der Waals surface area contributed by atoms with E-state index in [1.807, 2.05) is 6.92 Å². The largest absolute Gasteiger partial charge is 0.458 e. The minimum atomic E-state index is -1.67. The highest BCUT2D eigenvalue weighted by Crippen LogP contribution is 2.48. The van der Waals surface area contributed by atoms with Crippen molar-refractivity contribution in [1.29, 1.82) is 0 Å². The number of allylic oxidation sites excluding steroid dienone is 2. The number of carbonyl (C=O) groups excluding carboxylic acids is 5. The molecule has 0 spiro atoms. The van der Waals surface area contributed by atoms with Gasteiger partial charge in [0.25, 0.3) is 0 Å². The summed E-state index contributed by atoms with van der Waals surface area (Å²) in [6.45, 7) is 9.97. The van der Waals surface area contributed by atoms with Crippen molar-refractivity contribution in [3.05, 3.63) is 95.6 Å². The number of benzene rings is 2. The van der Waals surface area contributed by atoms with Crippen molar-refractivity contribution < 1.29 is 38.2 Å². The second-order valence-corrected chi connectivity index (χ2v) is 12.5. The monoisotopic (exact) mass is 600 g/mol. The van der Waals surface area contributed by atoms with Crippen molar-refractivity contribution in [3.8, 4) is 0 Å². The topological polar surface area (TPSA) is 113 Å². The lowest BCUT2D eigenvalue weighted by molar-refractivity contribution is -0.171. The van der Waals surface area contributed by atoms with Crippen molar-refractivity contribution >= 4 is 29.5 Å². The summed E-state index contributed by atoms with van der Waals surface area (Å²) in [5, 5.41) is 0. The summed E-state index contributed by atoms with van der Waals surface area (Å²) in [5.74, 6) is -4.43. The Morgan fingerprint density at radius 2 is 1.39 bits per heavy atom. The molecule has 0 unspecified atom stereocenters. The Labute approximate surface area is 258 Å². The number of ether oxygens (including phenoxy) is 3. The molecule has 0 aromatic heterocycles. The average Bonchev–Trinajstić information content (AvgIpc) is 3.24. The molecule has 8 nitrogen and oxygen atoms in total. The van der Waals surface area contributed by atoms with Gasteiger partial charge in [-0.15, -0.1) is 0 Å². The number of fused-ring (bicyclic) bond motifs is 1. The van der Waals surface area contributed by atoms with Gasteiger partial charge in [-0.1, -0.05) is 68.5 Å². The van der Waals surface area contributed by atoms with Crippen LogP contribution in [-0.4, -0.2) is 47.3 Å². The van der Waals surface area contributed by atoms with Crippen LogP contribution in [0.3, 0.4) is 0 Å². The molecule has 2 aromatic carbocycles.